The third-order valence-electron chi connectivity index (χ3n) is 4.48. The highest BCUT2D eigenvalue weighted by molar-refractivity contribution is 7.89. The van der Waals surface area contributed by atoms with E-state index in [1.54, 1.807) is 24.3 Å². The number of benzene rings is 2. The van der Waals surface area contributed by atoms with E-state index in [0.717, 1.165) is 12.8 Å². The van der Waals surface area contributed by atoms with Gasteiger partial charge in [0.15, 0.2) is 5.78 Å². The Hall–Kier alpha value is -2.55. The van der Waals surface area contributed by atoms with E-state index >= 15 is 0 Å². The molecule has 1 aliphatic rings. The van der Waals surface area contributed by atoms with E-state index in [4.69, 9.17) is 4.74 Å². The molecule has 1 heterocycles. The first kappa shape index (κ1) is 20.2. The first-order valence-corrected chi connectivity index (χ1v) is 10.5. The monoisotopic (exact) mass is 402 g/mol. The minimum Gasteiger partial charge on any atom is -0.377 e. The lowest BCUT2D eigenvalue weighted by molar-refractivity contribution is 0.101. The summed E-state index contributed by atoms with van der Waals surface area (Å²) in [6, 6.07) is 12.3. The van der Waals surface area contributed by atoms with Gasteiger partial charge in [-0.25, -0.2) is 13.1 Å². The number of carbonyl (C=O) groups is 2. The van der Waals surface area contributed by atoms with Gasteiger partial charge in [-0.3, -0.25) is 9.59 Å². The minimum absolute atomic E-state index is 0.0839. The summed E-state index contributed by atoms with van der Waals surface area (Å²) in [6.45, 7) is 2.34. The van der Waals surface area contributed by atoms with E-state index < -0.39 is 15.9 Å². The largest absolute Gasteiger partial charge is 0.377 e. The molecule has 28 heavy (non-hydrogen) atoms. The molecular formula is C20H22N2O5S. The molecule has 0 aliphatic carbocycles. The second-order valence-electron chi connectivity index (χ2n) is 6.60. The zero-order chi connectivity index (χ0) is 20.1. The van der Waals surface area contributed by atoms with Crippen LogP contribution in [-0.4, -0.2) is 39.4 Å². The molecule has 0 saturated carbocycles. The highest BCUT2D eigenvalue weighted by Crippen LogP contribution is 2.16. The molecule has 1 saturated heterocycles. The lowest BCUT2D eigenvalue weighted by atomic mass is 10.1. The molecule has 0 bridgehead atoms. The van der Waals surface area contributed by atoms with E-state index in [0.29, 0.717) is 23.4 Å². The quantitative estimate of drug-likeness (QED) is 0.693. The van der Waals surface area contributed by atoms with Gasteiger partial charge in [0.25, 0.3) is 5.91 Å². The summed E-state index contributed by atoms with van der Waals surface area (Å²) in [5, 5.41) is 2.70. The topological polar surface area (TPSA) is 102 Å². The van der Waals surface area contributed by atoms with Crippen LogP contribution < -0.4 is 10.0 Å². The summed E-state index contributed by atoms with van der Waals surface area (Å²) in [6.07, 6.45) is 1.68. The Morgan fingerprint density at radius 3 is 2.50 bits per heavy atom. The van der Waals surface area contributed by atoms with Gasteiger partial charge < -0.3 is 10.1 Å². The van der Waals surface area contributed by atoms with Gasteiger partial charge in [-0.05, 0) is 56.2 Å². The minimum atomic E-state index is -3.66. The number of anilines is 1. The number of hydrogen-bond acceptors (Lipinski definition) is 5. The SMILES string of the molecule is CC(=O)c1cccc(NC(=O)c2ccc(S(=O)(=O)NCC3CCCO3)cc2)c1. The maximum absolute atomic E-state index is 12.4. The van der Waals surface area contributed by atoms with E-state index in [1.807, 2.05) is 0 Å². The molecule has 148 valence electrons. The van der Waals surface area contributed by atoms with E-state index in [-0.39, 0.29) is 23.3 Å². The molecular weight excluding hydrogens is 380 g/mol. The maximum atomic E-state index is 12.4. The van der Waals surface area contributed by atoms with Crippen LogP contribution in [0.15, 0.2) is 53.4 Å². The molecule has 2 aromatic rings. The van der Waals surface area contributed by atoms with Gasteiger partial charge >= 0.3 is 0 Å². The fourth-order valence-corrected chi connectivity index (χ4v) is 3.96. The average Bonchev–Trinajstić information content (AvgIpc) is 3.20. The van der Waals surface area contributed by atoms with E-state index in [2.05, 4.69) is 10.0 Å². The highest BCUT2D eigenvalue weighted by Gasteiger charge is 2.20. The number of ketones is 1. The zero-order valence-corrected chi connectivity index (χ0v) is 16.3. The predicted molar refractivity (Wildman–Crippen MR) is 105 cm³/mol. The third kappa shape index (κ3) is 5.03. The standard InChI is InChI=1S/C20H22N2O5S/c1-14(23)16-4-2-5-17(12-16)22-20(24)15-7-9-19(10-8-15)28(25,26)21-13-18-6-3-11-27-18/h2,4-5,7-10,12,18,21H,3,6,11,13H2,1H3,(H,22,24). The molecule has 1 fully saturated rings. The van der Waals surface area contributed by atoms with Crippen molar-refractivity contribution in [3.05, 3.63) is 59.7 Å². The van der Waals surface area contributed by atoms with Crippen molar-refractivity contribution in [1.29, 1.82) is 0 Å². The van der Waals surface area contributed by atoms with Gasteiger partial charge in [-0.1, -0.05) is 12.1 Å². The van der Waals surface area contributed by atoms with Crippen LogP contribution in [0.4, 0.5) is 5.69 Å². The zero-order valence-electron chi connectivity index (χ0n) is 15.5. The van der Waals surface area contributed by atoms with Crippen LogP contribution in [0.5, 0.6) is 0 Å². The van der Waals surface area contributed by atoms with Gasteiger partial charge in [-0.15, -0.1) is 0 Å². The summed E-state index contributed by atoms with van der Waals surface area (Å²) in [4.78, 5) is 23.9. The summed E-state index contributed by atoms with van der Waals surface area (Å²) >= 11 is 0. The van der Waals surface area contributed by atoms with Crippen molar-refractivity contribution in [3.63, 3.8) is 0 Å². The van der Waals surface area contributed by atoms with E-state index in [9.17, 15) is 18.0 Å². The third-order valence-corrected chi connectivity index (χ3v) is 5.92. The van der Waals surface area contributed by atoms with Gasteiger partial charge in [0.2, 0.25) is 10.0 Å². The van der Waals surface area contributed by atoms with E-state index in [1.165, 1.54) is 31.2 Å². The number of rotatable bonds is 7. The molecule has 0 spiro atoms. The summed E-state index contributed by atoms with van der Waals surface area (Å²) in [5.74, 6) is -0.488. The number of sulfonamides is 1. The fourth-order valence-electron chi connectivity index (χ4n) is 2.90. The van der Waals surface area contributed by atoms with Gasteiger partial charge in [0, 0.05) is 30.0 Å². The van der Waals surface area contributed by atoms with Crippen molar-refractivity contribution < 1.29 is 22.7 Å². The Labute approximate surface area is 164 Å². The molecule has 1 unspecified atom stereocenters. The normalized spacial score (nSPS) is 16.7. The van der Waals surface area contributed by atoms with Crippen molar-refractivity contribution in [2.75, 3.05) is 18.5 Å². The summed E-state index contributed by atoms with van der Waals surface area (Å²) < 4.78 is 32.7. The van der Waals surface area contributed by atoms with Crippen molar-refractivity contribution in [2.24, 2.45) is 0 Å². The van der Waals surface area contributed by atoms with Gasteiger partial charge in [-0.2, -0.15) is 0 Å². The smallest absolute Gasteiger partial charge is 0.255 e. The van der Waals surface area contributed by atoms with Crippen LogP contribution >= 0.6 is 0 Å². The number of amides is 1. The molecule has 2 aromatic carbocycles. The van der Waals surface area contributed by atoms with Crippen molar-refractivity contribution in [2.45, 2.75) is 30.8 Å². The number of carbonyl (C=O) groups excluding carboxylic acids is 2. The number of hydrogen-bond donors (Lipinski definition) is 2. The molecule has 0 radical (unpaired) electrons. The van der Waals surface area contributed by atoms with Crippen LogP contribution in [-0.2, 0) is 14.8 Å². The number of ether oxygens (including phenoxy) is 1. The predicted octanol–water partition coefficient (Wildman–Crippen LogP) is 2.60. The van der Waals surface area contributed by atoms with Gasteiger partial charge in [0.05, 0.1) is 11.0 Å². The summed E-state index contributed by atoms with van der Waals surface area (Å²) in [5.41, 5.74) is 1.30. The number of Topliss-reactive ketones (excluding diaryl/α,β-unsaturated/α-hetero) is 1. The van der Waals surface area contributed by atoms with Crippen molar-refractivity contribution in [1.82, 2.24) is 4.72 Å². The lowest BCUT2D eigenvalue weighted by Crippen LogP contribution is -2.31. The Balaban J connectivity index is 1.65. The number of nitrogens with one attached hydrogen (secondary N) is 2. The Bertz CT molecular complexity index is 964. The van der Waals surface area contributed by atoms with Crippen molar-refractivity contribution in [3.8, 4) is 0 Å². The van der Waals surface area contributed by atoms with Crippen molar-refractivity contribution >= 4 is 27.4 Å². The Morgan fingerprint density at radius 1 is 1.11 bits per heavy atom. The molecule has 3 rings (SSSR count). The molecule has 8 heteroatoms. The first-order valence-electron chi connectivity index (χ1n) is 8.99. The maximum Gasteiger partial charge on any atom is 0.255 e. The fraction of sp³-hybridized carbons (Fsp3) is 0.300. The molecule has 0 aromatic heterocycles. The lowest BCUT2D eigenvalue weighted by Gasteiger charge is -2.12. The molecule has 1 atom stereocenters. The van der Waals surface area contributed by atoms with Gasteiger partial charge in [0.1, 0.15) is 0 Å². The molecule has 7 nitrogen and oxygen atoms in total. The van der Waals surface area contributed by atoms with Crippen LogP contribution in [0.25, 0.3) is 0 Å². The second kappa shape index (κ2) is 8.64. The summed E-state index contributed by atoms with van der Waals surface area (Å²) in [7, 11) is -3.66. The van der Waals surface area contributed by atoms with Crippen LogP contribution in [0.2, 0.25) is 0 Å². The van der Waals surface area contributed by atoms with Crippen LogP contribution in [0.1, 0.15) is 40.5 Å². The first-order chi connectivity index (χ1) is 13.3. The van der Waals surface area contributed by atoms with Crippen LogP contribution in [0, 0.1) is 0 Å². The molecule has 2 N–H and O–H groups in total. The average molecular weight is 402 g/mol. The highest BCUT2D eigenvalue weighted by atomic mass is 32.2. The Morgan fingerprint density at radius 2 is 1.86 bits per heavy atom. The van der Waals surface area contributed by atoms with Crippen LogP contribution in [0.3, 0.4) is 0 Å². The molecule has 1 aliphatic heterocycles. The second-order valence-corrected chi connectivity index (χ2v) is 8.37. The molecule has 1 amide bonds. The Kier molecular flexibility index (Phi) is 6.23.